The summed E-state index contributed by atoms with van der Waals surface area (Å²) in [7, 11) is 1.53. The number of hydrogen-bond acceptors (Lipinski definition) is 5. The molecule has 0 radical (unpaired) electrons. The lowest BCUT2D eigenvalue weighted by Crippen LogP contribution is -2.70. The van der Waals surface area contributed by atoms with Gasteiger partial charge < -0.3 is 9.47 Å². The van der Waals surface area contributed by atoms with Gasteiger partial charge in [-0.05, 0) is 97.2 Å². The fraction of sp³-hybridized carbons (Fsp3) is 0.909. The third-order valence-electron chi connectivity index (χ3n) is 14.2. The molecule has 5 aliphatic rings. The van der Waals surface area contributed by atoms with Crippen LogP contribution in [-0.4, -0.2) is 30.9 Å². The van der Waals surface area contributed by atoms with E-state index in [2.05, 4.69) is 48.5 Å². The zero-order valence-electron chi connectivity index (χ0n) is 25.4. The molecule has 0 aromatic rings. The van der Waals surface area contributed by atoms with Gasteiger partial charge in [-0.2, -0.15) is 0 Å². The van der Waals surface area contributed by atoms with Gasteiger partial charge in [-0.1, -0.05) is 48.5 Å². The summed E-state index contributed by atoms with van der Waals surface area (Å²) in [6.45, 7) is 18.1. The van der Waals surface area contributed by atoms with Gasteiger partial charge in [0.05, 0.1) is 12.5 Å². The molecule has 0 saturated heterocycles. The predicted octanol–water partition coefficient (Wildman–Crippen LogP) is 7.01. The maximum absolute atomic E-state index is 14.6. The summed E-state index contributed by atoms with van der Waals surface area (Å²) in [5.41, 5.74) is -0.718. The van der Waals surface area contributed by atoms with Crippen molar-refractivity contribution in [2.45, 2.75) is 119 Å². The van der Waals surface area contributed by atoms with Crippen LogP contribution < -0.4 is 0 Å². The molecular weight excluding hydrogens is 476 g/mol. The lowest BCUT2D eigenvalue weighted by molar-refractivity contribution is -0.250. The maximum Gasteiger partial charge on any atom is 0.312 e. The first kappa shape index (κ1) is 28.1. The van der Waals surface area contributed by atoms with Crippen molar-refractivity contribution >= 4 is 17.7 Å². The Morgan fingerprint density at radius 1 is 0.842 bits per heavy atom. The molecule has 0 N–H and O–H groups in total. The third kappa shape index (κ3) is 3.44. The van der Waals surface area contributed by atoms with Crippen molar-refractivity contribution in [3.05, 3.63) is 0 Å². The molecule has 0 heterocycles. The van der Waals surface area contributed by atoms with Crippen LogP contribution in [0.1, 0.15) is 113 Å². The molecule has 5 fully saturated rings. The van der Waals surface area contributed by atoms with E-state index in [0.717, 1.165) is 51.4 Å². The van der Waals surface area contributed by atoms with Crippen molar-refractivity contribution in [3.63, 3.8) is 0 Å². The number of rotatable bonds is 2. The molecule has 214 valence electrons. The van der Waals surface area contributed by atoms with Gasteiger partial charge in [-0.25, -0.2) is 0 Å². The second kappa shape index (κ2) is 8.80. The third-order valence-corrected chi connectivity index (χ3v) is 14.2. The van der Waals surface area contributed by atoms with Crippen LogP contribution in [0.2, 0.25) is 0 Å². The summed E-state index contributed by atoms with van der Waals surface area (Å²) in [5.74, 6) is 1.64. The molecule has 0 aromatic carbocycles. The van der Waals surface area contributed by atoms with Gasteiger partial charge in [-0.15, -0.1) is 0 Å². The smallest absolute Gasteiger partial charge is 0.312 e. The molecule has 0 spiro atoms. The van der Waals surface area contributed by atoms with Gasteiger partial charge >= 0.3 is 11.9 Å². The zero-order chi connectivity index (χ0) is 28.1. The molecule has 0 aliphatic heterocycles. The van der Waals surface area contributed by atoms with Gasteiger partial charge in [0.2, 0.25) is 0 Å². The monoisotopic (exact) mass is 528 g/mol. The highest BCUT2D eigenvalue weighted by atomic mass is 16.5. The average Bonchev–Trinajstić information content (AvgIpc) is 2.84. The zero-order valence-corrected chi connectivity index (χ0v) is 25.4. The van der Waals surface area contributed by atoms with Crippen molar-refractivity contribution in [1.29, 1.82) is 0 Å². The first-order chi connectivity index (χ1) is 17.6. The summed E-state index contributed by atoms with van der Waals surface area (Å²) >= 11 is 0. The Hall–Kier alpha value is -1.39. The standard InChI is InChI=1S/C33H52O5/c1-19-10-15-33(28(36)37-9)17-16-32(8)27(26(33)20(19)2)22(35)18-24-30(6)13-12-25(38-21(3)34)29(4,5)23(30)11-14-31(24,32)7/h19-20,23-27H,10-18H2,1-9H3/t19-,20+,23+,24-,25+,26+,27+,30+,31-,32-,33+/m1/s1. The number of carbonyl (C=O) groups excluding carboxylic acids is 3. The van der Waals surface area contributed by atoms with E-state index in [0.29, 0.717) is 35.9 Å². The lowest BCUT2D eigenvalue weighted by Gasteiger charge is -2.73. The Labute approximate surface area is 230 Å². The molecule has 38 heavy (non-hydrogen) atoms. The molecule has 0 amide bonds. The summed E-state index contributed by atoms with van der Waals surface area (Å²) < 4.78 is 11.3. The van der Waals surface area contributed by atoms with E-state index in [1.54, 1.807) is 0 Å². The Morgan fingerprint density at radius 3 is 2.16 bits per heavy atom. The van der Waals surface area contributed by atoms with E-state index in [1.807, 2.05) is 0 Å². The van der Waals surface area contributed by atoms with Crippen LogP contribution in [0.5, 0.6) is 0 Å². The van der Waals surface area contributed by atoms with Gasteiger partial charge in [0.1, 0.15) is 11.9 Å². The second-order valence-electron chi connectivity index (χ2n) is 15.6. The fourth-order valence-electron chi connectivity index (χ4n) is 11.9. The van der Waals surface area contributed by atoms with Gasteiger partial charge in [0, 0.05) is 24.7 Å². The minimum absolute atomic E-state index is 0.0269. The van der Waals surface area contributed by atoms with Crippen molar-refractivity contribution in [1.82, 2.24) is 0 Å². The van der Waals surface area contributed by atoms with Crippen LogP contribution in [0.25, 0.3) is 0 Å². The minimum Gasteiger partial charge on any atom is -0.469 e. The predicted molar refractivity (Wildman–Crippen MR) is 147 cm³/mol. The van der Waals surface area contributed by atoms with Crippen molar-refractivity contribution < 1.29 is 23.9 Å². The number of Topliss-reactive ketones (excluding diaryl/α,β-unsaturated/α-hetero) is 1. The number of methoxy groups -OCH3 is 1. The SMILES string of the molecule is COC(=O)[C@]12CC[C@@H](C)[C@H](C)[C@H]1[C@@H]1C(=O)C[C@@H]3[C@@]4(C)CC[C@H](OC(C)=O)C(C)(C)[C@@H]4CC[C@@]3(C)[C@]1(C)CC2. The van der Waals surface area contributed by atoms with E-state index in [9.17, 15) is 14.4 Å². The number of ether oxygens (including phenoxy) is 2. The molecule has 0 aromatic heterocycles. The van der Waals surface area contributed by atoms with E-state index in [4.69, 9.17) is 9.47 Å². The summed E-state index contributed by atoms with van der Waals surface area (Å²) in [5, 5.41) is 0. The first-order valence-corrected chi connectivity index (χ1v) is 15.4. The highest BCUT2D eigenvalue weighted by molar-refractivity contribution is 5.87. The fourth-order valence-corrected chi connectivity index (χ4v) is 11.9. The van der Waals surface area contributed by atoms with E-state index in [-0.39, 0.29) is 51.5 Å². The van der Waals surface area contributed by atoms with Gasteiger partial charge in [0.25, 0.3) is 0 Å². The molecule has 5 rings (SSSR count). The lowest BCUT2D eigenvalue weighted by atomic mass is 9.31. The average molecular weight is 529 g/mol. The van der Waals surface area contributed by atoms with E-state index >= 15 is 0 Å². The van der Waals surface area contributed by atoms with Crippen molar-refractivity contribution in [2.75, 3.05) is 7.11 Å². The van der Waals surface area contributed by atoms with E-state index in [1.165, 1.54) is 14.0 Å². The topological polar surface area (TPSA) is 69.7 Å². The molecule has 5 aliphatic carbocycles. The molecule has 5 nitrogen and oxygen atoms in total. The maximum atomic E-state index is 14.6. The Morgan fingerprint density at radius 2 is 1.53 bits per heavy atom. The van der Waals surface area contributed by atoms with Crippen LogP contribution in [0.3, 0.4) is 0 Å². The van der Waals surface area contributed by atoms with Crippen LogP contribution in [0.4, 0.5) is 0 Å². The number of fused-ring (bicyclic) bond motifs is 7. The number of esters is 2. The highest BCUT2D eigenvalue weighted by Gasteiger charge is 2.73. The van der Waals surface area contributed by atoms with Crippen LogP contribution in [-0.2, 0) is 23.9 Å². The van der Waals surface area contributed by atoms with Crippen LogP contribution >= 0.6 is 0 Å². The highest BCUT2D eigenvalue weighted by Crippen LogP contribution is 2.76. The Kier molecular flexibility index (Phi) is 6.52. The number of carbonyl (C=O) groups is 3. The van der Waals surface area contributed by atoms with E-state index < -0.39 is 5.41 Å². The first-order valence-electron chi connectivity index (χ1n) is 15.4. The quantitative estimate of drug-likeness (QED) is 0.361. The normalized spacial score (nSPS) is 51.5. The molecule has 0 bridgehead atoms. The molecule has 0 unspecified atom stereocenters. The van der Waals surface area contributed by atoms with Crippen LogP contribution in [0, 0.1) is 62.6 Å². The molecular formula is C33H52O5. The number of hydrogen-bond donors (Lipinski definition) is 0. The largest absolute Gasteiger partial charge is 0.469 e. The van der Waals surface area contributed by atoms with Gasteiger partial charge in [-0.3, -0.25) is 14.4 Å². The van der Waals surface area contributed by atoms with Gasteiger partial charge in [0.15, 0.2) is 0 Å². The van der Waals surface area contributed by atoms with Crippen LogP contribution in [0.15, 0.2) is 0 Å². The molecule has 5 heteroatoms. The minimum atomic E-state index is -0.519. The summed E-state index contributed by atoms with van der Waals surface area (Å²) in [4.78, 5) is 40.0. The molecule has 5 saturated carbocycles. The second-order valence-corrected chi connectivity index (χ2v) is 15.6. The Balaban J connectivity index is 1.56. The number of ketones is 1. The Bertz CT molecular complexity index is 1020. The van der Waals surface area contributed by atoms with Crippen molar-refractivity contribution in [2.24, 2.45) is 62.6 Å². The van der Waals surface area contributed by atoms with Crippen molar-refractivity contribution in [3.8, 4) is 0 Å². The summed E-state index contributed by atoms with van der Waals surface area (Å²) in [6.07, 6.45) is 8.24. The molecule has 11 atom stereocenters. The summed E-state index contributed by atoms with van der Waals surface area (Å²) in [6, 6.07) is 0.